The van der Waals surface area contributed by atoms with E-state index in [1.165, 1.54) is 16.7 Å². The lowest BCUT2D eigenvalue weighted by molar-refractivity contribution is -0.0740. The standard InChI is InChI=1S/C36H38N2O3/c1-26-33(16-9-21-37-26)38-34(39)29-17-18-32-28(22-29)12-8-13-30-24-35(40,25-41-31-14-6-3-7-15-31)19-20-36(30,32)23-27-10-4-2-5-11-27/h2-7,9-11,14-18,21-22,30,40H,8,12-13,19-20,23-25H2,1H3,(H,38,39)/t30-,35+,36-/m0/s1. The zero-order valence-electron chi connectivity index (χ0n) is 23.7. The van der Waals surface area contributed by atoms with Gasteiger partial charge in [0.15, 0.2) is 0 Å². The van der Waals surface area contributed by atoms with Gasteiger partial charge in [-0.3, -0.25) is 9.78 Å². The number of hydrogen-bond donors (Lipinski definition) is 2. The number of carbonyl (C=O) groups is 1. The van der Waals surface area contributed by atoms with Crippen LogP contribution in [0.4, 0.5) is 5.69 Å². The third-order valence-electron chi connectivity index (χ3n) is 9.22. The summed E-state index contributed by atoms with van der Waals surface area (Å²) < 4.78 is 6.08. The van der Waals surface area contributed by atoms with Crippen LogP contribution in [0.1, 0.15) is 64.8 Å². The number of aromatic nitrogens is 1. The fourth-order valence-corrected chi connectivity index (χ4v) is 7.08. The number of aryl methyl sites for hydroxylation is 2. The van der Waals surface area contributed by atoms with Gasteiger partial charge in [-0.15, -0.1) is 0 Å². The minimum atomic E-state index is -0.868. The molecule has 1 fully saturated rings. The zero-order chi connectivity index (χ0) is 28.3. The van der Waals surface area contributed by atoms with Gasteiger partial charge in [0.05, 0.1) is 17.0 Å². The SMILES string of the molecule is Cc1ncccc1NC(=O)c1ccc2c(c1)CCC[C@H]1C[C@@](O)(COc3ccccc3)CC[C@@]21Cc1ccccc1. The Morgan fingerprint density at radius 3 is 2.56 bits per heavy atom. The van der Waals surface area contributed by atoms with E-state index >= 15 is 0 Å². The third kappa shape index (κ3) is 5.77. The highest BCUT2D eigenvalue weighted by molar-refractivity contribution is 6.04. The number of para-hydroxylation sites is 1. The quantitative estimate of drug-likeness (QED) is 0.260. The second-order valence-corrected chi connectivity index (χ2v) is 11.9. The van der Waals surface area contributed by atoms with E-state index in [4.69, 9.17) is 4.74 Å². The number of amides is 1. The molecule has 2 N–H and O–H groups in total. The maximum atomic E-state index is 13.3. The monoisotopic (exact) mass is 546 g/mol. The Balaban J connectivity index is 1.31. The number of carbonyl (C=O) groups excluding carboxylic acids is 1. The predicted molar refractivity (Wildman–Crippen MR) is 162 cm³/mol. The zero-order valence-corrected chi connectivity index (χ0v) is 23.7. The molecule has 210 valence electrons. The van der Waals surface area contributed by atoms with Crippen LogP contribution >= 0.6 is 0 Å². The highest BCUT2D eigenvalue weighted by Crippen LogP contribution is 2.53. The maximum absolute atomic E-state index is 13.3. The van der Waals surface area contributed by atoms with E-state index in [0.717, 1.165) is 49.2 Å². The molecule has 1 aromatic heterocycles. The normalized spacial score (nSPS) is 23.5. The molecule has 1 amide bonds. The number of benzene rings is 3. The Morgan fingerprint density at radius 1 is 1.00 bits per heavy atom. The summed E-state index contributed by atoms with van der Waals surface area (Å²) in [7, 11) is 0. The lowest BCUT2D eigenvalue weighted by atomic mass is 9.56. The fraction of sp³-hybridized carbons (Fsp3) is 0.333. The molecule has 0 spiro atoms. The van der Waals surface area contributed by atoms with Crippen molar-refractivity contribution in [3.63, 3.8) is 0 Å². The smallest absolute Gasteiger partial charge is 0.255 e. The average molecular weight is 547 g/mol. The molecular weight excluding hydrogens is 508 g/mol. The molecule has 0 unspecified atom stereocenters. The number of hydrogen-bond acceptors (Lipinski definition) is 4. The van der Waals surface area contributed by atoms with Crippen LogP contribution in [0.2, 0.25) is 0 Å². The Kier molecular flexibility index (Phi) is 7.63. The first kappa shape index (κ1) is 27.2. The molecule has 3 atom stereocenters. The van der Waals surface area contributed by atoms with Crippen molar-refractivity contribution in [1.82, 2.24) is 4.98 Å². The summed E-state index contributed by atoms with van der Waals surface area (Å²) in [6.45, 7) is 2.20. The molecule has 41 heavy (non-hydrogen) atoms. The van der Waals surface area contributed by atoms with E-state index in [0.29, 0.717) is 30.9 Å². The molecule has 2 aliphatic rings. The Bertz CT molecular complexity index is 1510. The van der Waals surface area contributed by atoms with Crippen molar-refractivity contribution in [2.45, 2.75) is 62.9 Å². The molecule has 6 rings (SSSR count). The van der Waals surface area contributed by atoms with E-state index in [-0.39, 0.29) is 11.3 Å². The van der Waals surface area contributed by atoms with Gasteiger partial charge in [-0.2, -0.15) is 0 Å². The van der Waals surface area contributed by atoms with Crippen LogP contribution in [0.5, 0.6) is 5.75 Å². The molecule has 2 aliphatic carbocycles. The van der Waals surface area contributed by atoms with E-state index < -0.39 is 5.60 Å². The molecule has 0 saturated heterocycles. The van der Waals surface area contributed by atoms with Gasteiger partial charge in [0, 0.05) is 17.2 Å². The van der Waals surface area contributed by atoms with Gasteiger partial charge in [-0.1, -0.05) is 54.6 Å². The molecule has 3 aromatic carbocycles. The van der Waals surface area contributed by atoms with Crippen LogP contribution < -0.4 is 10.1 Å². The number of nitrogens with one attached hydrogen (secondary N) is 1. The summed E-state index contributed by atoms with van der Waals surface area (Å²) in [5.41, 5.74) is 5.12. The first-order valence-electron chi connectivity index (χ1n) is 14.7. The molecular formula is C36H38N2O3. The minimum absolute atomic E-state index is 0.110. The van der Waals surface area contributed by atoms with Crippen molar-refractivity contribution in [2.75, 3.05) is 11.9 Å². The van der Waals surface area contributed by atoms with Crippen molar-refractivity contribution >= 4 is 11.6 Å². The number of aliphatic hydroxyl groups is 1. The molecule has 0 aliphatic heterocycles. The van der Waals surface area contributed by atoms with Gasteiger partial charge in [0.2, 0.25) is 0 Å². The maximum Gasteiger partial charge on any atom is 0.255 e. The largest absolute Gasteiger partial charge is 0.491 e. The van der Waals surface area contributed by atoms with Crippen LogP contribution in [-0.2, 0) is 18.3 Å². The van der Waals surface area contributed by atoms with E-state index in [1.54, 1.807) is 6.20 Å². The number of fused-ring (bicyclic) bond motifs is 3. The Hall–Kier alpha value is -3.96. The minimum Gasteiger partial charge on any atom is -0.491 e. The predicted octanol–water partition coefficient (Wildman–Crippen LogP) is 7.07. The number of ether oxygens (including phenoxy) is 1. The van der Waals surface area contributed by atoms with Crippen molar-refractivity contribution < 1.29 is 14.6 Å². The Morgan fingerprint density at radius 2 is 1.78 bits per heavy atom. The summed E-state index contributed by atoms with van der Waals surface area (Å²) in [4.78, 5) is 17.6. The summed E-state index contributed by atoms with van der Waals surface area (Å²) in [6.07, 6.45) is 7.88. The van der Waals surface area contributed by atoms with E-state index in [1.807, 2.05) is 55.5 Å². The number of nitrogens with zero attached hydrogens (tertiary/aromatic N) is 1. The van der Waals surface area contributed by atoms with Crippen LogP contribution in [-0.4, -0.2) is 28.2 Å². The lowest BCUT2D eigenvalue weighted by Gasteiger charge is -2.50. The second kappa shape index (κ2) is 11.5. The average Bonchev–Trinajstić information content (AvgIpc) is 3.14. The number of rotatable bonds is 7. The molecule has 0 radical (unpaired) electrons. The molecule has 4 aromatic rings. The molecule has 5 nitrogen and oxygen atoms in total. The van der Waals surface area contributed by atoms with E-state index in [2.05, 4.69) is 52.8 Å². The van der Waals surface area contributed by atoms with Crippen molar-refractivity contribution in [2.24, 2.45) is 5.92 Å². The molecule has 1 saturated carbocycles. The van der Waals surface area contributed by atoms with Crippen molar-refractivity contribution in [1.29, 1.82) is 0 Å². The fourth-order valence-electron chi connectivity index (χ4n) is 7.08. The van der Waals surface area contributed by atoms with Crippen molar-refractivity contribution in [3.05, 3.63) is 125 Å². The van der Waals surface area contributed by atoms with Crippen molar-refractivity contribution in [3.8, 4) is 5.75 Å². The van der Waals surface area contributed by atoms with Gasteiger partial charge < -0.3 is 15.2 Å². The second-order valence-electron chi connectivity index (χ2n) is 11.9. The summed E-state index contributed by atoms with van der Waals surface area (Å²) in [6, 6.07) is 30.5. The Labute approximate surface area is 242 Å². The highest BCUT2D eigenvalue weighted by Gasteiger charge is 2.51. The van der Waals surface area contributed by atoms with Crippen LogP contribution in [0.25, 0.3) is 0 Å². The van der Waals surface area contributed by atoms with Gasteiger partial charge in [-0.25, -0.2) is 0 Å². The van der Waals surface area contributed by atoms with Gasteiger partial charge in [0.25, 0.3) is 5.91 Å². The van der Waals surface area contributed by atoms with Gasteiger partial charge in [-0.05, 0) is 111 Å². The first-order valence-corrected chi connectivity index (χ1v) is 14.7. The highest BCUT2D eigenvalue weighted by atomic mass is 16.5. The lowest BCUT2D eigenvalue weighted by Crippen LogP contribution is -2.51. The van der Waals surface area contributed by atoms with Crippen LogP contribution in [0.15, 0.2) is 97.2 Å². The van der Waals surface area contributed by atoms with Crippen LogP contribution in [0.3, 0.4) is 0 Å². The summed E-state index contributed by atoms with van der Waals surface area (Å²) in [5.74, 6) is 0.984. The van der Waals surface area contributed by atoms with Gasteiger partial charge in [0.1, 0.15) is 12.4 Å². The molecule has 5 heteroatoms. The van der Waals surface area contributed by atoms with Gasteiger partial charge >= 0.3 is 0 Å². The summed E-state index contributed by atoms with van der Waals surface area (Å²) >= 11 is 0. The number of pyridine rings is 1. The molecule has 1 heterocycles. The summed E-state index contributed by atoms with van der Waals surface area (Å²) in [5, 5.41) is 14.8. The third-order valence-corrected chi connectivity index (χ3v) is 9.22. The molecule has 0 bridgehead atoms. The topological polar surface area (TPSA) is 71.5 Å². The first-order chi connectivity index (χ1) is 19.9. The number of anilines is 1. The van der Waals surface area contributed by atoms with E-state index in [9.17, 15) is 9.90 Å². The van der Waals surface area contributed by atoms with Crippen LogP contribution in [0, 0.1) is 12.8 Å².